The number of rotatable bonds is 5. The van der Waals surface area contributed by atoms with Crippen molar-refractivity contribution in [2.24, 2.45) is 0 Å². The number of ether oxygens (including phenoxy) is 1. The number of alkyl halides is 3. The average Bonchev–Trinajstić information content (AvgIpc) is 3.28. The van der Waals surface area contributed by atoms with Gasteiger partial charge in [0.1, 0.15) is 5.75 Å². The number of carbonyl (C=O) groups is 2. The number of hydrogen-bond acceptors (Lipinski definition) is 6. The number of nitrogens with zero attached hydrogens (tertiary/aromatic N) is 2. The smallest absolute Gasteiger partial charge is 0.455 e. The van der Waals surface area contributed by atoms with Gasteiger partial charge < -0.3 is 9.30 Å². The van der Waals surface area contributed by atoms with Gasteiger partial charge in [-0.2, -0.15) is 21.6 Å². The molecule has 40 heavy (non-hydrogen) atoms. The minimum absolute atomic E-state index is 0.151. The predicted molar refractivity (Wildman–Crippen MR) is 139 cm³/mol. The number of aryl methyl sites for hydroxylation is 1. The largest absolute Gasteiger partial charge is 0.525 e. The Bertz CT molecular complexity index is 1960. The van der Waals surface area contributed by atoms with Gasteiger partial charge in [-0.3, -0.25) is 9.59 Å². The summed E-state index contributed by atoms with van der Waals surface area (Å²) in [5.41, 5.74) is -4.00. The van der Waals surface area contributed by atoms with Gasteiger partial charge in [0.05, 0.1) is 28.5 Å². The van der Waals surface area contributed by atoms with Crippen LogP contribution in [0.3, 0.4) is 0 Å². The summed E-state index contributed by atoms with van der Waals surface area (Å²) in [6, 6.07) is 22.2. The first-order valence-corrected chi connectivity index (χ1v) is 13.2. The van der Waals surface area contributed by atoms with E-state index in [4.69, 9.17) is 4.74 Å². The second-order valence-electron chi connectivity index (χ2n) is 8.99. The van der Waals surface area contributed by atoms with E-state index in [-0.39, 0.29) is 21.6 Å². The summed E-state index contributed by atoms with van der Waals surface area (Å²) in [4.78, 5) is 26.1. The van der Waals surface area contributed by atoms with E-state index < -0.39 is 27.4 Å². The van der Waals surface area contributed by atoms with E-state index in [9.17, 15) is 31.2 Å². The number of para-hydroxylation sites is 2. The predicted octanol–water partition coefficient (Wildman–Crippen LogP) is 6.26. The summed E-state index contributed by atoms with van der Waals surface area (Å²) < 4.78 is 73.9. The molecule has 0 unspecified atom stereocenters. The molecule has 12 heteroatoms. The number of hydrogen-bond donors (Lipinski definition) is 0. The molecule has 0 aliphatic carbocycles. The van der Waals surface area contributed by atoms with Crippen molar-refractivity contribution >= 4 is 43.6 Å². The number of carbonyl (C=O) groups excluding carboxylic acids is 2. The van der Waals surface area contributed by atoms with E-state index in [2.05, 4.69) is 4.28 Å². The van der Waals surface area contributed by atoms with Crippen molar-refractivity contribution in [3.63, 3.8) is 0 Å². The molecule has 0 bridgehead atoms. The topological polar surface area (TPSA) is 94.9 Å². The van der Waals surface area contributed by atoms with Gasteiger partial charge in [0, 0.05) is 16.2 Å². The molecule has 0 spiro atoms. The fourth-order valence-electron chi connectivity index (χ4n) is 4.70. The van der Waals surface area contributed by atoms with Crippen LogP contribution in [0.1, 0.15) is 26.3 Å². The number of aromatic nitrogens is 1. The van der Waals surface area contributed by atoms with Crippen LogP contribution in [0.2, 0.25) is 0 Å². The number of fused-ring (bicyclic) bond motifs is 1. The van der Waals surface area contributed by atoms with Gasteiger partial charge in [-0.05, 0) is 48.9 Å². The van der Waals surface area contributed by atoms with Crippen LogP contribution in [-0.4, -0.2) is 35.4 Å². The zero-order valence-electron chi connectivity index (χ0n) is 20.5. The van der Waals surface area contributed by atoms with Gasteiger partial charge >= 0.3 is 15.6 Å². The lowest BCUT2D eigenvalue weighted by Gasteiger charge is -2.26. The van der Waals surface area contributed by atoms with E-state index in [1.165, 1.54) is 18.2 Å². The van der Waals surface area contributed by atoms with Crippen LogP contribution in [0.15, 0.2) is 85.1 Å². The van der Waals surface area contributed by atoms with E-state index >= 15 is 0 Å². The minimum atomic E-state index is -6.27. The van der Waals surface area contributed by atoms with Crippen molar-refractivity contribution in [3.05, 3.63) is 102 Å². The van der Waals surface area contributed by atoms with Gasteiger partial charge in [0.15, 0.2) is 5.75 Å². The molecule has 2 amide bonds. The Labute approximate surface area is 224 Å². The fourth-order valence-corrected chi connectivity index (χ4v) is 5.11. The zero-order valence-corrected chi connectivity index (χ0v) is 21.3. The molecule has 0 radical (unpaired) electrons. The summed E-state index contributed by atoms with van der Waals surface area (Å²) in [6.07, 6.45) is 1.76. The number of benzene rings is 4. The van der Waals surface area contributed by atoms with Gasteiger partial charge in [-0.15, -0.1) is 9.35 Å². The highest BCUT2D eigenvalue weighted by Gasteiger charge is 2.51. The van der Waals surface area contributed by atoms with Crippen LogP contribution in [0.5, 0.6) is 11.5 Å². The molecule has 1 aliphatic rings. The van der Waals surface area contributed by atoms with E-state index in [1.807, 2.05) is 60.0 Å². The normalized spacial score (nSPS) is 13.8. The first-order valence-electron chi connectivity index (χ1n) is 11.8. The molecule has 1 aliphatic heterocycles. The molecule has 8 nitrogen and oxygen atoms in total. The number of amides is 2. The van der Waals surface area contributed by atoms with Gasteiger partial charge in [-0.1, -0.05) is 42.5 Å². The summed E-state index contributed by atoms with van der Waals surface area (Å²) in [5, 5.41) is 0.991. The molecule has 1 aromatic heterocycles. The van der Waals surface area contributed by atoms with Crippen molar-refractivity contribution in [1.29, 1.82) is 0 Å². The van der Waals surface area contributed by atoms with Crippen molar-refractivity contribution in [1.82, 2.24) is 9.63 Å². The Kier molecular flexibility index (Phi) is 5.71. The first kappa shape index (κ1) is 25.6. The minimum Gasteiger partial charge on any atom is -0.455 e. The molecular weight excluding hydrogens is 549 g/mol. The first-order chi connectivity index (χ1) is 19.0. The van der Waals surface area contributed by atoms with Gasteiger partial charge in [-0.25, -0.2) is 0 Å². The maximum Gasteiger partial charge on any atom is 0.525 e. The standard InChI is InChI=1S/C28H17F3N2O6S/c1-16-7-2-5-12-23(16)38-24-15-32(21-11-4-3-8-17(21)24)22-14-13-20-25-18(22)9-6-10-19(25)26(34)33(27(20)35)39-40(36,37)28(29,30)31/h2-15H,1H3. The lowest BCUT2D eigenvalue weighted by Crippen LogP contribution is -2.44. The highest BCUT2D eigenvalue weighted by atomic mass is 32.2. The quantitative estimate of drug-likeness (QED) is 0.184. The molecule has 6 rings (SSSR count). The Balaban J connectivity index is 1.50. The van der Waals surface area contributed by atoms with Gasteiger partial charge in [0.2, 0.25) is 0 Å². The summed E-state index contributed by atoms with van der Waals surface area (Å²) >= 11 is 0. The highest BCUT2D eigenvalue weighted by molar-refractivity contribution is 7.87. The number of hydroxylamine groups is 2. The van der Waals surface area contributed by atoms with Crippen molar-refractivity contribution in [2.75, 3.05) is 0 Å². The van der Waals surface area contributed by atoms with Crippen molar-refractivity contribution in [3.8, 4) is 17.2 Å². The second kappa shape index (κ2) is 8.93. The van der Waals surface area contributed by atoms with Crippen LogP contribution in [0.4, 0.5) is 13.2 Å². The molecule has 202 valence electrons. The molecular formula is C28H17F3N2O6S. The fraction of sp³-hybridized carbons (Fsp3) is 0.0714. The molecule has 4 aromatic carbocycles. The maximum absolute atomic E-state index is 13.0. The third kappa shape index (κ3) is 3.91. The molecule has 0 atom stereocenters. The third-order valence-electron chi connectivity index (χ3n) is 6.55. The highest BCUT2D eigenvalue weighted by Crippen LogP contribution is 2.39. The summed E-state index contributed by atoms with van der Waals surface area (Å²) in [6.45, 7) is 1.92. The van der Waals surface area contributed by atoms with E-state index in [0.29, 0.717) is 22.6 Å². The van der Waals surface area contributed by atoms with Crippen LogP contribution in [-0.2, 0) is 14.4 Å². The lowest BCUT2D eigenvalue weighted by atomic mass is 9.94. The van der Waals surface area contributed by atoms with E-state index in [1.54, 1.807) is 18.3 Å². The number of imide groups is 1. The van der Waals surface area contributed by atoms with Crippen LogP contribution in [0, 0.1) is 6.92 Å². The van der Waals surface area contributed by atoms with Crippen LogP contribution >= 0.6 is 0 Å². The molecule has 0 saturated heterocycles. The third-order valence-corrected chi connectivity index (χ3v) is 7.46. The lowest BCUT2D eigenvalue weighted by molar-refractivity contribution is -0.0761. The molecule has 0 N–H and O–H groups in total. The zero-order chi connectivity index (χ0) is 28.4. The Hall–Kier alpha value is -4.68. The van der Waals surface area contributed by atoms with Crippen LogP contribution < -0.4 is 4.74 Å². The Morgan fingerprint density at radius 3 is 2.12 bits per heavy atom. The van der Waals surface area contributed by atoms with Gasteiger partial charge in [0.25, 0.3) is 11.8 Å². The average molecular weight is 567 g/mol. The SMILES string of the molecule is Cc1ccccc1Oc1cn(-c2ccc3c4c(cccc24)C(=O)N(OS(=O)(=O)C(F)(F)F)C3=O)c2ccccc12. The molecule has 0 saturated carbocycles. The maximum atomic E-state index is 13.0. The Morgan fingerprint density at radius 2 is 1.40 bits per heavy atom. The van der Waals surface area contributed by atoms with Crippen molar-refractivity contribution in [2.45, 2.75) is 12.4 Å². The van der Waals surface area contributed by atoms with Crippen LogP contribution in [0.25, 0.3) is 27.4 Å². The summed E-state index contributed by atoms with van der Waals surface area (Å²) in [7, 11) is -6.27. The molecule has 0 fully saturated rings. The number of halogens is 3. The summed E-state index contributed by atoms with van der Waals surface area (Å²) in [5.74, 6) is -1.47. The molecule has 5 aromatic rings. The van der Waals surface area contributed by atoms with Crippen molar-refractivity contribution < 1.29 is 40.2 Å². The second-order valence-corrected chi connectivity index (χ2v) is 10.5. The Morgan fingerprint density at radius 1 is 0.750 bits per heavy atom. The monoisotopic (exact) mass is 566 g/mol. The van der Waals surface area contributed by atoms with E-state index in [0.717, 1.165) is 16.5 Å². The molecule has 2 heterocycles.